The van der Waals surface area contributed by atoms with E-state index in [1.54, 1.807) is 84.9 Å². The molecule has 0 aliphatic carbocycles. The molecule has 170 valence electrons. The van der Waals surface area contributed by atoms with Gasteiger partial charge in [-0.05, 0) is 78.9 Å². The molecule has 0 saturated carbocycles. The Kier molecular flexibility index (Phi) is 7.38. The molecule has 0 bridgehead atoms. The number of hydrogen-bond donors (Lipinski definition) is 2. The molecule has 3 aromatic carbocycles. The molecule has 4 rings (SSSR count). The summed E-state index contributed by atoms with van der Waals surface area (Å²) < 4.78 is 5.74. The third-order valence-corrected chi connectivity index (χ3v) is 5.34. The monoisotopic (exact) mass is 510 g/mol. The van der Waals surface area contributed by atoms with E-state index in [4.69, 9.17) is 39.2 Å². The van der Waals surface area contributed by atoms with Crippen molar-refractivity contribution in [1.82, 2.24) is 0 Å². The fourth-order valence-corrected chi connectivity index (χ4v) is 3.82. The minimum Gasteiger partial charge on any atom is -0.457 e. The number of rotatable bonds is 6. The Balaban J connectivity index is 1.34. The lowest BCUT2D eigenvalue weighted by atomic mass is 10.2. The van der Waals surface area contributed by atoms with Crippen LogP contribution in [0.25, 0.3) is 17.4 Å². The van der Waals surface area contributed by atoms with E-state index in [9.17, 15) is 9.59 Å². The van der Waals surface area contributed by atoms with E-state index >= 15 is 0 Å². The number of nitrogens with one attached hydrogen (secondary N) is 2. The van der Waals surface area contributed by atoms with Crippen LogP contribution in [0.1, 0.15) is 16.1 Å². The fraction of sp³-hybridized carbons (Fsp3) is 0. The number of hydrogen-bond acceptors (Lipinski definition) is 3. The van der Waals surface area contributed by atoms with Gasteiger partial charge in [-0.3, -0.25) is 9.59 Å². The number of halogens is 3. The lowest BCUT2D eigenvalue weighted by Crippen LogP contribution is -2.12. The van der Waals surface area contributed by atoms with Gasteiger partial charge in [-0.2, -0.15) is 0 Å². The van der Waals surface area contributed by atoms with Crippen LogP contribution in [-0.4, -0.2) is 11.8 Å². The van der Waals surface area contributed by atoms with E-state index < -0.39 is 0 Å². The molecule has 0 aliphatic heterocycles. The topological polar surface area (TPSA) is 71.3 Å². The highest BCUT2D eigenvalue weighted by atomic mass is 35.5. The zero-order valence-corrected chi connectivity index (χ0v) is 19.8. The maximum Gasteiger partial charge on any atom is 0.255 e. The molecule has 4 aromatic rings. The van der Waals surface area contributed by atoms with E-state index in [2.05, 4.69) is 10.6 Å². The maximum absolute atomic E-state index is 12.3. The average Bonchev–Trinajstić information content (AvgIpc) is 3.28. The Morgan fingerprint density at radius 1 is 0.735 bits per heavy atom. The first-order chi connectivity index (χ1) is 16.4. The standard InChI is InChI=1S/C26H17Cl3N2O3/c27-18-3-1-2-16(12-18)26(33)31-22-6-4-21(5-7-22)30-25(32)11-9-23-8-10-24(34-23)17-13-19(28)15-20(29)14-17/h1-15H,(H,30,32)(H,31,33)/b11-9+. The SMILES string of the molecule is O=C(/C=C/c1ccc(-c2cc(Cl)cc(Cl)c2)o1)Nc1ccc(NC(=O)c2cccc(Cl)c2)cc1. The summed E-state index contributed by atoms with van der Waals surface area (Å²) in [5, 5.41) is 7.03. The minimum atomic E-state index is -0.334. The molecule has 0 atom stereocenters. The Bertz CT molecular complexity index is 1360. The van der Waals surface area contributed by atoms with E-state index in [0.717, 1.165) is 5.56 Å². The van der Waals surface area contributed by atoms with Crippen LogP contribution in [-0.2, 0) is 4.79 Å². The van der Waals surface area contributed by atoms with Gasteiger partial charge in [0.25, 0.3) is 5.91 Å². The van der Waals surface area contributed by atoms with Crippen molar-refractivity contribution in [2.75, 3.05) is 10.6 Å². The molecule has 2 amide bonds. The number of anilines is 2. The van der Waals surface area contributed by atoms with Gasteiger partial charge in [-0.15, -0.1) is 0 Å². The lowest BCUT2D eigenvalue weighted by molar-refractivity contribution is -0.111. The third-order valence-electron chi connectivity index (χ3n) is 4.67. The quantitative estimate of drug-likeness (QED) is 0.259. The number of furan rings is 1. The van der Waals surface area contributed by atoms with Crippen molar-refractivity contribution in [3.63, 3.8) is 0 Å². The predicted molar refractivity (Wildman–Crippen MR) is 138 cm³/mol. The summed E-state index contributed by atoms with van der Waals surface area (Å²) in [6.07, 6.45) is 2.92. The zero-order valence-electron chi connectivity index (χ0n) is 17.5. The van der Waals surface area contributed by atoms with Gasteiger partial charge in [-0.1, -0.05) is 40.9 Å². The van der Waals surface area contributed by atoms with Crippen molar-refractivity contribution in [3.05, 3.63) is 111 Å². The second kappa shape index (κ2) is 10.6. The fourth-order valence-electron chi connectivity index (χ4n) is 3.11. The van der Waals surface area contributed by atoms with Crippen LogP contribution < -0.4 is 10.6 Å². The van der Waals surface area contributed by atoms with Crippen molar-refractivity contribution in [2.24, 2.45) is 0 Å². The van der Waals surface area contributed by atoms with Crippen molar-refractivity contribution >= 4 is 64.1 Å². The van der Waals surface area contributed by atoms with Crippen LogP contribution in [0.2, 0.25) is 15.1 Å². The van der Waals surface area contributed by atoms with Gasteiger partial charge in [0.1, 0.15) is 11.5 Å². The molecule has 0 unspecified atom stereocenters. The first kappa shape index (κ1) is 23.6. The molecule has 0 saturated heterocycles. The van der Waals surface area contributed by atoms with Gasteiger partial charge in [0.05, 0.1) is 0 Å². The van der Waals surface area contributed by atoms with Crippen LogP contribution in [0.5, 0.6) is 0 Å². The first-order valence-electron chi connectivity index (χ1n) is 10.1. The van der Waals surface area contributed by atoms with Gasteiger partial charge in [0, 0.05) is 43.6 Å². The first-order valence-corrected chi connectivity index (χ1v) is 11.2. The molecule has 0 spiro atoms. The van der Waals surface area contributed by atoms with E-state index in [0.29, 0.717) is 43.5 Å². The number of amides is 2. The Labute approximate surface area is 210 Å². The van der Waals surface area contributed by atoms with Gasteiger partial charge in [0.2, 0.25) is 5.91 Å². The molecule has 2 N–H and O–H groups in total. The molecular formula is C26H17Cl3N2O3. The molecule has 0 aliphatic rings. The van der Waals surface area contributed by atoms with Gasteiger partial charge < -0.3 is 15.1 Å². The Morgan fingerprint density at radius 2 is 1.41 bits per heavy atom. The van der Waals surface area contributed by atoms with Crippen LogP contribution >= 0.6 is 34.8 Å². The summed E-state index contributed by atoms with van der Waals surface area (Å²) in [6, 6.07) is 22.1. The molecule has 0 radical (unpaired) electrons. The van der Waals surface area contributed by atoms with Gasteiger partial charge in [0.15, 0.2) is 0 Å². The molecule has 0 fully saturated rings. The van der Waals surface area contributed by atoms with Crippen molar-refractivity contribution in [2.45, 2.75) is 0 Å². The van der Waals surface area contributed by atoms with Crippen LogP contribution in [0, 0.1) is 0 Å². The molecule has 34 heavy (non-hydrogen) atoms. The number of benzene rings is 3. The normalized spacial score (nSPS) is 10.9. The lowest BCUT2D eigenvalue weighted by Gasteiger charge is -2.07. The Hall–Kier alpha value is -3.51. The number of carbonyl (C=O) groups is 2. The Morgan fingerprint density at radius 3 is 2.09 bits per heavy atom. The summed E-state index contributed by atoms with van der Waals surface area (Å²) in [4.78, 5) is 24.6. The molecule has 8 heteroatoms. The highest BCUT2D eigenvalue weighted by molar-refractivity contribution is 6.35. The summed E-state index contributed by atoms with van der Waals surface area (Å²) in [5.74, 6) is 0.472. The largest absolute Gasteiger partial charge is 0.457 e. The van der Waals surface area contributed by atoms with Crippen molar-refractivity contribution in [1.29, 1.82) is 0 Å². The van der Waals surface area contributed by atoms with E-state index in [1.807, 2.05) is 0 Å². The highest BCUT2D eigenvalue weighted by Gasteiger charge is 2.08. The summed E-state index contributed by atoms with van der Waals surface area (Å²) in [5.41, 5.74) is 2.35. The summed E-state index contributed by atoms with van der Waals surface area (Å²) >= 11 is 18.0. The number of carbonyl (C=O) groups excluding carboxylic acids is 2. The zero-order chi connectivity index (χ0) is 24.1. The highest BCUT2D eigenvalue weighted by Crippen LogP contribution is 2.29. The van der Waals surface area contributed by atoms with Crippen LogP contribution in [0.3, 0.4) is 0 Å². The summed E-state index contributed by atoms with van der Waals surface area (Å²) in [7, 11) is 0. The molecule has 1 aromatic heterocycles. The second-order valence-electron chi connectivity index (χ2n) is 7.22. The van der Waals surface area contributed by atoms with E-state index in [-0.39, 0.29) is 11.8 Å². The maximum atomic E-state index is 12.3. The van der Waals surface area contributed by atoms with Crippen LogP contribution in [0.4, 0.5) is 11.4 Å². The van der Waals surface area contributed by atoms with Crippen molar-refractivity contribution < 1.29 is 14.0 Å². The third kappa shape index (κ3) is 6.29. The van der Waals surface area contributed by atoms with Gasteiger partial charge >= 0.3 is 0 Å². The van der Waals surface area contributed by atoms with E-state index in [1.165, 1.54) is 6.08 Å². The summed E-state index contributed by atoms with van der Waals surface area (Å²) in [6.45, 7) is 0. The van der Waals surface area contributed by atoms with Crippen molar-refractivity contribution in [3.8, 4) is 11.3 Å². The van der Waals surface area contributed by atoms with Crippen LogP contribution in [0.15, 0.2) is 89.4 Å². The average molecular weight is 512 g/mol. The molecular weight excluding hydrogens is 495 g/mol. The minimum absolute atomic E-state index is 0.278. The molecule has 1 heterocycles. The predicted octanol–water partition coefficient (Wildman–Crippen LogP) is 7.81. The second-order valence-corrected chi connectivity index (χ2v) is 8.53. The van der Waals surface area contributed by atoms with Gasteiger partial charge in [-0.25, -0.2) is 0 Å². The molecule has 5 nitrogen and oxygen atoms in total. The smallest absolute Gasteiger partial charge is 0.255 e.